The zero-order valence-electron chi connectivity index (χ0n) is 11.6. The van der Waals surface area contributed by atoms with E-state index in [1.165, 1.54) is 12.1 Å². The van der Waals surface area contributed by atoms with Crippen LogP contribution < -0.4 is 10.0 Å². The molecule has 0 unspecified atom stereocenters. The van der Waals surface area contributed by atoms with Gasteiger partial charge in [-0.1, -0.05) is 17.7 Å². The Morgan fingerprint density at radius 2 is 1.90 bits per heavy atom. The van der Waals surface area contributed by atoms with Crippen LogP contribution in [-0.4, -0.2) is 26.0 Å². The number of urea groups is 1. The highest BCUT2D eigenvalue weighted by Gasteiger charge is 2.16. The van der Waals surface area contributed by atoms with Crippen molar-refractivity contribution in [2.75, 3.05) is 6.54 Å². The van der Waals surface area contributed by atoms with E-state index < -0.39 is 16.1 Å². The van der Waals surface area contributed by atoms with E-state index in [0.29, 0.717) is 13.0 Å². The first-order chi connectivity index (χ1) is 9.97. The standard InChI is InChI=1S/C14H17N3O3S/c1-11-2-4-13(5-3-11)21(19,20)17-14(18)16-9-7-12-6-8-15-10-12/h2-6,8,10,15H,7,9H2,1H3,(H2,16,17,18). The largest absolute Gasteiger partial charge is 0.367 e. The SMILES string of the molecule is Cc1ccc(S(=O)(=O)NC(=O)NCCc2cc[nH]c2)cc1. The van der Waals surface area contributed by atoms with Gasteiger partial charge < -0.3 is 10.3 Å². The fourth-order valence-electron chi connectivity index (χ4n) is 1.77. The van der Waals surface area contributed by atoms with Crippen LogP contribution in [0.15, 0.2) is 47.6 Å². The molecule has 0 saturated carbocycles. The highest BCUT2D eigenvalue weighted by atomic mass is 32.2. The van der Waals surface area contributed by atoms with E-state index >= 15 is 0 Å². The number of hydrogen-bond donors (Lipinski definition) is 3. The predicted octanol–water partition coefficient (Wildman–Crippen LogP) is 1.55. The van der Waals surface area contributed by atoms with Crippen LogP contribution in [0.3, 0.4) is 0 Å². The zero-order chi connectivity index (χ0) is 15.3. The molecule has 7 heteroatoms. The van der Waals surface area contributed by atoms with Gasteiger partial charge in [-0.2, -0.15) is 0 Å². The van der Waals surface area contributed by atoms with Gasteiger partial charge in [0.2, 0.25) is 0 Å². The van der Waals surface area contributed by atoms with Crippen LogP contribution in [0.1, 0.15) is 11.1 Å². The Labute approximate surface area is 123 Å². The maximum atomic E-state index is 12.0. The van der Waals surface area contributed by atoms with Gasteiger partial charge in [0.1, 0.15) is 0 Å². The average molecular weight is 307 g/mol. The molecule has 21 heavy (non-hydrogen) atoms. The van der Waals surface area contributed by atoms with E-state index in [1.54, 1.807) is 18.3 Å². The van der Waals surface area contributed by atoms with E-state index in [2.05, 4.69) is 10.3 Å². The molecule has 0 bridgehead atoms. The third kappa shape index (κ3) is 4.35. The van der Waals surface area contributed by atoms with Crippen LogP contribution >= 0.6 is 0 Å². The van der Waals surface area contributed by atoms with Crippen molar-refractivity contribution in [2.24, 2.45) is 0 Å². The molecule has 0 aliphatic rings. The van der Waals surface area contributed by atoms with E-state index in [0.717, 1.165) is 11.1 Å². The number of carbonyl (C=O) groups is 1. The molecule has 0 aliphatic heterocycles. The van der Waals surface area contributed by atoms with Crippen LogP contribution in [0, 0.1) is 6.92 Å². The van der Waals surface area contributed by atoms with Gasteiger partial charge in [-0.05, 0) is 37.1 Å². The number of rotatable bonds is 5. The quantitative estimate of drug-likeness (QED) is 0.782. The van der Waals surface area contributed by atoms with Crippen molar-refractivity contribution in [2.45, 2.75) is 18.2 Å². The first-order valence-corrected chi connectivity index (χ1v) is 7.95. The Bertz CT molecular complexity index is 692. The lowest BCUT2D eigenvalue weighted by molar-refractivity contribution is 0.246. The third-order valence-corrected chi connectivity index (χ3v) is 4.27. The minimum atomic E-state index is -3.83. The topological polar surface area (TPSA) is 91.1 Å². The fourth-order valence-corrected chi connectivity index (χ4v) is 2.70. The highest BCUT2D eigenvalue weighted by Crippen LogP contribution is 2.09. The molecule has 112 valence electrons. The normalized spacial score (nSPS) is 11.1. The Hall–Kier alpha value is -2.28. The van der Waals surface area contributed by atoms with Gasteiger partial charge in [-0.15, -0.1) is 0 Å². The fraction of sp³-hybridized carbons (Fsp3) is 0.214. The summed E-state index contributed by atoms with van der Waals surface area (Å²) in [6.45, 7) is 2.21. The Morgan fingerprint density at radius 1 is 1.19 bits per heavy atom. The Kier molecular flexibility index (Phi) is 4.64. The predicted molar refractivity (Wildman–Crippen MR) is 79.4 cm³/mol. The summed E-state index contributed by atoms with van der Waals surface area (Å²) in [7, 11) is -3.83. The summed E-state index contributed by atoms with van der Waals surface area (Å²) >= 11 is 0. The number of hydrogen-bond acceptors (Lipinski definition) is 3. The number of aromatic amines is 1. The van der Waals surface area contributed by atoms with Crippen molar-refractivity contribution in [1.82, 2.24) is 15.0 Å². The van der Waals surface area contributed by atoms with E-state index in [1.807, 2.05) is 23.9 Å². The smallest absolute Gasteiger partial charge is 0.328 e. The zero-order valence-corrected chi connectivity index (χ0v) is 12.4. The number of aromatic nitrogens is 1. The molecule has 1 heterocycles. The molecule has 0 radical (unpaired) electrons. The molecule has 3 N–H and O–H groups in total. The lowest BCUT2D eigenvalue weighted by Crippen LogP contribution is -2.40. The summed E-state index contributed by atoms with van der Waals surface area (Å²) in [4.78, 5) is 14.6. The van der Waals surface area contributed by atoms with Crippen molar-refractivity contribution in [1.29, 1.82) is 0 Å². The van der Waals surface area contributed by atoms with Gasteiger partial charge in [-0.3, -0.25) is 0 Å². The van der Waals surface area contributed by atoms with Crippen LogP contribution in [0.2, 0.25) is 0 Å². The van der Waals surface area contributed by atoms with Crippen molar-refractivity contribution >= 4 is 16.1 Å². The number of amides is 2. The van der Waals surface area contributed by atoms with Gasteiger partial charge in [0, 0.05) is 18.9 Å². The molecule has 0 spiro atoms. The Morgan fingerprint density at radius 3 is 2.52 bits per heavy atom. The second-order valence-electron chi connectivity index (χ2n) is 4.64. The third-order valence-electron chi connectivity index (χ3n) is 2.92. The van der Waals surface area contributed by atoms with Crippen molar-refractivity contribution < 1.29 is 13.2 Å². The summed E-state index contributed by atoms with van der Waals surface area (Å²) in [5.41, 5.74) is 1.99. The molecule has 0 fully saturated rings. The van der Waals surface area contributed by atoms with Crippen molar-refractivity contribution in [3.05, 3.63) is 53.9 Å². The highest BCUT2D eigenvalue weighted by molar-refractivity contribution is 7.90. The minimum Gasteiger partial charge on any atom is -0.367 e. The maximum Gasteiger partial charge on any atom is 0.328 e. The van der Waals surface area contributed by atoms with Gasteiger partial charge >= 0.3 is 6.03 Å². The molecule has 0 saturated heterocycles. The number of H-pyrrole nitrogens is 1. The maximum absolute atomic E-state index is 12.0. The second kappa shape index (κ2) is 6.45. The monoisotopic (exact) mass is 307 g/mol. The van der Waals surface area contributed by atoms with Gasteiger partial charge in [0.25, 0.3) is 10.0 Å². The second-order valence-corrected chi connectivity index (χ2v) is 6.33. The molecule has 2 rings (SSSR count). The van der Waals surface area contributed by atoms with Crippen molar-refractivity contribution in [3.63, 3.8) is 0 Å². The lowest BCUT2D eigenvalue weighted by atomic mass is 10.2. The average Bonchev–Trinajstić information content (AvgIpc) is 2.92. The molecule has 1 aromatic carbocycles. The van der Waals surface area contributed by atoms with E-state index in [9.17, 15) is 13.2 Å². The molecule has 2 amide bonds. The number of nitrogens with one attached hydrogen (secondary N) is 3. The van der Waals surface area contributed by atoms with Crippen LogP contribution in [-0.2, 0) is 16.4 Å². The molecular formula is C14H17N3O3S. The Balaban J connectivity index is 1.87. The van der Waals surface area contributed by atoms with Gasteiger partial charge in [0.15, 0.2) is 0 Å². The summed E-state index contributed by atoms with van der Waals surface area (Å²) in [6.07, 6.45) is 4.24. The van der Waals surface area contributed by atoms with Gasteiger partial charge in [0.05, 0.1) is 4.90 Å². The number of sulfonamides is 1. The van der Waals surface area contributed by atoms with E-state index in [-0.39, 0.29) is 4.90 Å². The summed E-state index contributed by atoms with van der Waals surface area (Å²) < 4.78 is 25.9. The first kappa shape index (κ1) is 15.1. The van der Waals surface area contributed by atoms with E-state index in [4.69, 9.17) is 0 Å². The molecule has 1 aromatic heterocycles. The van der Waals surface area contributed by atoms with Crippen LogP contribution in [0.5, 0.6) is 0 Å². The van der Waals surface area contributed by atoms with Gasteiger partial charge in [-0.25, -0.2) is 17.9 Å². The number of benzene rings is 1. The molecule has 2 aromatic rings. The summed E-state index contributed by atoms with van der Waals surface area (Å²) in [6, 6.07) is 7.45. The van der Waals surface area contributed by atoms with Crippen molar-refractivity contribution in [3.8, 4) is 0 Å². The van der Waals surface area contributed by atoms with Crippen LogP contribution in [0.25, 0.3) is 0 Å². The molecular weight excluding hydrogens is 290 g/mol. The molecule has 6 nitrogen and oxygen atoms in total. The molecule has 0 aliphatic carbocycles. The first-order valence-electron chi connectivity index (χ1n) is 6.46. The lowest BCUT2D eigenvalue weighted by Gasteiger charge is -2.08. The number of aryl methyl sites for hydroxylation is 1. The summed E-state index contributed by atoms with van der Waals surface area (Å²) in [5.74, 6) is 0. The molecule has 0 atom stereocenters. The number of carbonyl (C=O) groups excluding carboxylic acids is 1. The summed E-state index contributed by atoms with van der Waals surface area (Å²) in [5, 5.41) is 2.52. The van der Waals surface area contributed by atoms with Crippen LogP contribution in [0.4, 0.5) is 4.79 Å². The minimum absolute atomic E-state index is 0.0638.